The summed E-state index contributed by atoms with van der Waals surface area (Å²) in [6.07, 6.45) is 1.62. The highest BCUT2D eigenvalue weighted by atomic mass is 32.1. The minimum atomic E-state index is -2.97. The average Bonchev–Trinajstić information content (AvgIpc) is 2.46. The molecule has 114 valence electrons. The molecule has 0 bridgehead atoms. The molecule has 1 unspecified atom stereocenters. The number of ether oxygens (including phenoxy) is 1. The average molecular weight is 314 g/mol. The molecule has 2 N–H and O–H groups in total. The van der Waals surface area contributed by atoms with Crippen molar-refractivity contribution in [2.45, 2.75) is 19.5 Å². The summed E-state index contributed by atoms with van der Waals surface area (Å²) in [5.74, 6) is -0.483. The standard InChI is InChI=1S/C14H16F2N2O2S/c15-14(16)20-11-6-2-1-5-10(11)13(19)18-7-3-4-9(8-18)12(17)21/h1-2,5-6,9,14H,3-4,7-8H2,(H2,17,21). The first-order chi connectivity index (χ1) is 9.99. The zero-order valence-electron chi connectivity index (χ0n) is 11.3. The van der Waals surface area contributed by atoms with Gasteiger partial charge in [0, 0.05) is 19.0 Å². The number of alkyl halides is 2. The van der Waals surface area contributed by atoms with Gasteiger partial charge in [-0.15, -0.1) is 0 Å². The molecule has 0 saturated carbocycles. The minimum absolute atomic E-state index is 0.0270. The lowest BCUT2D eigenvalue weighted by Crippen LogP contribution is -2.43. The third kappa shape index (κ3) is 3.87. The van der Waals surface area contributed by atoms with Crippen LogP contribution in [0.25, 0.3) is 0 Å². The molecule has 1 aliphatic rings. The number of halogens is 2. The van der Waals surface area contributed by atoms with E-state index in [4.69, 9.17) is 18.0 Å². The number of carbonyl (C=O) groups excluding carboxylic acids is 1. The fraction of sp³-hybridized carbons (Fsp3) is 0.429. The Morgan fingerprint density at radius 1 is 1.43 bits per heavy atom. The summed E-state index contributed by atoms with van der Waals surface area (Å²) in [4.78, 5) is 14.5. The number of hydrogen-bond donors (Lipinski definition) is 1. The zero-order valence-corrected chi connectivity index (χ0v) is 12.1. The smallest absolute Gasteiger partial charge is 0.387 e. The van der Waals surface area contributed by atoms with Crippen molar-refractivity contribution in [2.24, 2.45) is 11.7 Å². The normalized spacial score (nSPS) is 18.6. The van der Waals surface area contributed by atoms with Crippen LogP contribution >= 0.6 is 12.2 Å². The molecule has 1 heterocycles. The molecule has 1 amide bonds. The molecule has 21 heavy (non-hydrogen) atoms. The van der Waals surface area contributed by atoms with Gasteiger partial charge >= 0.3 is 6.61 Å². The van der Waals surface area contributed by atoms with Crippen LogP contribution in [0.5, 0.6) is 5.75 Å². The Bertz CT molecular complexity index is 539. The van der Waals surface area contributed by atoms with E-state index in [-0.39, 0.29) is 23.1 Å². The van der Waals surface area contributed by atoms with Gasteiger partial charge in [-0.1, -0.05) is 24.4 Å². The monoisotopic (exact) mass is 314 g/mol. The van der Waals surface area contributed by atoms with E-state index >= 15 is 0 Å². The maximum absolute atomic E-state index is 12.5. The zero-order chi connectivity index (χ0) is 15.4. The number of para-hydroxylation sites is 1. The van der Waals surface area contributed by atoms with E-state index in [1.807, 2.05) is 0 Å². The minimum Gasteiger partial charge on any atom is -0.434 e. The fourth-order valence-electron chi connectivity index (χ4n) is 2.41. The van der Waals surface area contributed by atoms with Crippen LogP contribution < -0.4 is 10.5 Å². The van der Waals surface area contributed by atoms with Crippen molar-refractivity contribution < 1.29 is 18.3 Å². The number of thiocarbonyl (C=S) groups is 1. The van der Waals surface area contributed by atoms with Crippen molar-refractivity contribution in [2.75, 3.05) is 13.1 Å². The predicted molar refractivity (Wildman–Crippen MR) is 78.5 cm³/mol. The SMILES string of the molecule is NC(=S)C1CCCN(C(=O)c2ccccc2OC(F)F)C1. The van der Waals surface area contributed by atoms with Crippen molar-refractivity contribution in [3.05, 3.63) is 29.8 Å². The lowest BCUT2D eigenvalue weighted by atomic mass is 9.97. The van der Waals surface area contributed by atoms with Gasteiger partial charge in [-0.2, -0.15) is 8.78 Å². The van der Waals surface area contributed by atoms with Gasteiger partial charge in [0.05, 0.1) is 10.6 Å². The topological polar surface area (TPSA) is 55.6 Å². The third-order valence-corrected chi connectivity index (χ3v) is 3.78. The molecule has 1 aliphatic heterocycles. The summed E-state index contributed by atoms with van der Waals surface area (Å²) in [6, 6.07) is 5.99. The van der Waals surface area contributed by atoms with Gasteiger partial charge in [0.15, 0.2) is 0 Å². The Labute approximate surface area is 126 Å². The van der Waals surface area contributed by atoms with Crippen LogP contribution in [0.1, 0.15) is 23.2 Å². The van der Waals surface area contributed by atoms with Crippen molar-refractivity contribution in [1.82, 2.24) is 4.90 Å². The van der Waals surface area contributed by atoms with E-state index in [9.17, 15) is 13.6 Å². The molecule has 1 aromatic rings. The fourth-order valence-corrected chi connectivity index (χ4v) is 2.60. The van der Waals surface area contributed by atoms with Crippen LogP contribution in [-0.2, 0) is 0 Å². The number of benzene rings is 1. The second-order valence-electron chi connectivity index (χ2n) is 4.87. The number of hydrogen-bond acceptors (Lipinski definition) is 3. The first kappa shape index (κ1) is 15.6. The Morgan fingerprint density at radius 3 is 2.81 bits per heavy atom. The number of rotatable bonds is 4. The van der Waals surface area contributed by atoms with Gasteiger partial charge in [-0.05, 0) is 25.0 Å². The molecule has 7 heteroatoms. The van der Waals surface area contributed by atoms with Crippen molar-refractivity contribution >= 4 is 23.1 Å². The van der Waals surface area contributed by atoms with Crippen LogP contribution in [0.3, 0.4) is 0 Å². The first-order valence-electron chi connectivity index (χ1n) is 6.61. The second-order valence-corrected chi connectivity index (χ2v) is 5.34. The Balaban J connectivity index is 2.18. The van der Waals surface area contributed by atoms with E-state index in [1.165, 1.54) is 12.1 Å². The Kier molecular flexibility index (Phi) is 5.06. The number of nitrogens with two attached hydrogens (primary N) is 1. The van der Waals surface area contributed by atoms with Crippen LogP contribution in [0.4, 0.5) is 8.78 Å². The van der Waals surface area contributed by atoms with E-state index < -0.39 is 6.61 Å². The van der Waals surface area contributed by atoms with Gasteiger partial charge in [0.25, 0.3) is 5.91 Å². The highest BCUT2D eigenvalue weighted by molar-refractivity contribution is 7.80. The van der Waals surface area contributed by atoms with Gasteiger partial charge in [-0.25, -0.2) is 0 Å². The molecule has 1 aromatic carbocycles. The summed E-state index contributed by atoms with van der Waals surface area (Å²) in [5.41, 5.74) is 5.76. The summed E-state index contributed by atoms with van der Waals surface area (Å²) in [6.45, 7) is -2.00. The molecular weight excluding hydrogens is 298 g/mol. The van der Waals surface area contributed by atoms with Gasteiger partial charge in [0.1, 0.15) is 5.75 Å². The summed E-state index contributed by atoms with van der Waals surface area (Å²) >= 11 is 4.97. The van der Waals surface area contributed by atoms with E-state index in [1.54, 1.807) is 17.0 Å². The van der Waals surface area contributed by atoms with E-state index in [2.05, 4.69) is 4.74 Å². The Hall–Kier alpha value is -1.76. The van der Waals surface area contributed by atoms with Gasteiger partial charge < -0.3 is 15.4 Å². The number of carbonyl (C=O) groups is 1. The van der Waals surface area contributed by atoms with Crippen LogP contribution in [-0.4, -0.2) is 35.5 Å². The largest absolute Gasteiger partial charge is 0.434 e. The Morgan fingerprint density at radius 2 is 2.14 bits per heavy atom. The third-order valence-electron chi connectivity index (χ3n) is 3.44. The molecule has 4 nitrogen and oxygen atoms in total. The quantitative estimate of drug-likeness (QED) is 0.867. The van der Waals surface area contributed by atoms with Crippen LogP contribution in [0, 0.1) is 5.92 Å². The number of likely N-dealkylation sites (tertiary alicyclic amines) is 1. The van der Waals surface area contributed by atoms with Crippen molar-refractivity contribution in [3.63, 3.8) is 0 Å². The van der Waals surface area contributed by atoms with E-state index in [0.717, 1.165) is 12.8 Å². The van der Waals surface area contributed by atoms with Gasteiger partial charge in [0.2, 0.25) is 0 Å². The molecule has 0 radical (unpaired) electrons. The van der Waals surface area contributed by atoms with Crippen LogP contribution in [0.15, 0.2) is 24.3 Å². The highest BCUT2D eigenvalue weighted by Gasteiger charge is 2.27. The maximum atomic E-state index is 12.5. The number of piperidine rings is 1. The van der Waals surface area contributed by atoms with Crippen molar-refractivity contribution in [1.29, 1.82) is 0 Å². The molecule has 2 rings (SSSR count). The molecule has 0 aromatic heterocycles. The maximum Gasteiger partial charge on any atom is 0.387 e. The number of amides is 1. The summed E-state index contributed by atoms with van der Waals surface area (Å²) < 4.78 is 29.2. The molecule has 0 aliphatic carbocycles. The molecule has 0 spiro atoms. The summed E-state index contributed by atoms with van der Waals surface area (Å²) in [5, 5.41) is 0. The number of nitrogens with zero attached hydrogens (tertiary/aromatic N) is 1. The van der Waals surface area contributed by atoms with Crippen molar-refractivity contribution in [3.8, 4) is 5.75 Å². The highest BCUT2D eigenvalue weighted by Crippen LogP contribution is 2.25. The lowest BCUT2D eigenvalue weighted by Gasteiger charge is -2.32. The lowest BCUT2D eigenvalue weighted by molar-refractivity contribution is -0.0503. The summed E-state index contributed by atoms with van der Waals surface area (Å²) in [7, 11) is 0. The van der Waals surface area contributed by atoms with Gasteiger partial charge in [-0.3, -0.25) is 4.79 Å². The molecule has 1 fully saturated rings. The second kappa shape index (κ2) is 6.80. The predicted octanol–water partition coefficient (Wildman–Crippen LogP) is 2.43. The first-order valence-corrected chi connectivity index (χ1v) is 7.02. The molecule has 1 atom stereocenters. The molecular formula is C14H16F2N2O2S. The van der Waals surface area contributed by atoms with E-state index in [0.29, 0.717) is 18.1 Å². The molecule has 1 saturated heterocycles. The van der Waals surface area contributed by atoms with Crippen LogP contribution in [0.2, 0.25) is 0 Å².